The molecule has 0 aliphatic carbocycles. The Morgan fingerprint density at radius 3 is 2.65 bits per heavy atom. The standard InChI is InChI=1S/C24H27N5O2/c1-24(2,3)31-23(30)28-13-10-16(11-14-28)29-20-9-5-4-7-18(20)22(27-29)21-17-8-6-12-25-19(17)15-26-21/h4-9,12,16H,10-11,13-15H2,1-3H3. The highest BCUT2D eigenvalue weighted by Gasteiger charge is 2.30. The fraction of sp³-hybridized carbons (Fsp3) is 0.417. The van der Waals surface area contributed by atoms with Crippen molar-refractivity contribution in [1.82, 2.24) is 19.7 Å². The van der Waals surface area contributed by atoms with Crippen LogP contribution in [-0.4, -0.2) is 50.2 Å². The molecule has 5 rings (SSSR count). The van der Waals surface area contributed by atoms with Crippen molar-refractivity contribution >= 4 is 22.7 Å². The first kappa shape index (κ1) is 19.7. The third kappa shape index (κ3) is 3.69. The minimum Gasteiger partial charge on any atom is -0.444 e. The predicted octanol–water partition coefficient (Wildman–Crippen LogP) is 4.35. The van der Waals surface area contributed by atoms with Crippen molar-refractivity contribution in [2.45, 2.75) is 51.8 Å². The van der Waals surface area contributed by atoms with Crippen molar-refractivity contribution < 1.29 is 9.53 Å². The Kier molecular flexibility index (Phi) is 4.76. The van der Waals surface area contributed by atoms with E-state index in [1.165, 1.54) is 0 Å². The van der Waals surface area contributed by atoms with Crippen molar-refractivity contribution in [1.29, 1.82) is 0 Å². The quantitative estimate of drug-likeness (QED) is 0.621. The number of ether oxygens (including phenoxy) is 1. The number of aromatic nitrogens is 3. The van der Waals surface area contributed by atoms with Crippen LogP contribution in [0.2, 0.25) is 0 Å². The van der Waals surface area contributed by atoms with Gasteiger partial charge in [-0.15, -0.1) is 0 Å². The van der Waals surface area contributed by atoms with E-state index in [2.05, 4.69) is 27.9 Å². The number of nitrogens with zero attached hydrogens (tertiary/aromatic N) is 5. The number of hydrogen-bond donors (Lipinski definition) is 0. The van der Waals surface area contributed by atoms with Gasteiger partial charge in [0, 0.05) is 30.2 Å². The lowest BCUT2D eigenvalue weighted by atomic mass is 10.0. The van der Waals surface area contributed by atoms with Gasteiger partial charge in [0.25, 0.3) is 0 Å². The van der Waals surface area contributed by atoms with Crippen LogP contribution in [0.3, 0.4) is 0 Å². The SMILES string of the molecule is CC(C)(C)OC(=O)N1CCC(n2nc(C3=NCc4ncccc43)c3ccccc32)CC1. The van der Waals surface area contributed by atoms with Crippen LogP contribution in [0.25, 0.3) is 10.9 Å². The zero-order valence-electron chi connectivity index (χ0n) is 18.2. The van der Waals surface area contributed by atoms with Gasteiger partial charge in [-0.25, -0.2) is 4.79 Å². The van der Waals surface area contributed by atoms with Gasteiger partial charge in [-0.1, -0.05) is 18.2 Å². The molecule has 0 N–H and O–H groups in total. The normalized spacial score (nSPS) is 17.0. The Bertz CT molecular complexity index is 1170. The fourth-order valence-electron chi connectivity index (χ4n) is 4.38. The summed E-state index contributed by atoms with van der Waals surface area (Å²) >= 11 is 0. The van der Waals surface area contributed by atoms with Gasteiger partial charge < -0.3 is 9.64 Å². The Hall–Kier alpha value is -3.22. The van der Waals surface area contributed by atoms with Crippen molar-refractivity contribution in [3.05, 3.63) is 59.5 Å². The van der Waals surface area contributed by atoms with Crippen molar-refractivity contribution in [2.75, 3.05) is 13.1 Å². The number of carbonyl (C=O) groups excluding carboxylic acids is 1. The second-order valence-electron chi connectivity index (χ2n) is 9.17. The maximum atomic E-state index is 12.4. The first-order valence-corrected chi connectivity index (χ1v) is 10.8. The van der Waals surface area contributed by atoms with Crippen molar-refractivity contribution in [3.8, 4) is 0 Å². The van der Waals surface area contributed by atoms with Gasteiger partial charge >= 0.3 is 6.09 Å². The Morgan fingerprint density at radius 1 is 1.10 bits per heavy atom. The predicted molar refractivity (Wildman–Crippen MR) is 119 cm³/mol. The third-order valence-corrected chi connectivity index (χ3v) is 5.83. The van der Waals surface area contributed by atoms with Gasteiger partial charge in [0.15, 0.2) is 0 Å². The van der Waals surface area contributed by atoms with Crippen LogP contribution >= 0.6 is 0 Å². The fourth-order valence-corrected chi connectivity index (χ4v) is 4.38. The van der Waals surface area contributed by atoms with Crippen LogP contribution in [0, 0.1) is 0 Å². The number of likely N-dealkylation sites (tertiary alicyclic amines) is 1. The number of para-hydroxylation sites is 1. The largest absolute Gasteiger partial charge is 0.444 e. The summed E-state index contributed by atoms with van der Waals surface area (Å²) in [5, 5.41) is 6.15. The van der Waals surface area contributed by atoms with E-state index >= 15 is 0 Å². The highest BCUT2D eigenvalue weighted by atomic mass is 16.6. The summed E-state index contributed by atoms with van der Waals surface area (Å²) in [7, 11) is 0. The smallest absolute Gasteiger partial charge is 0.410 e. The first-order valence-electron chi connectivity index (χ1n) is 10.8. The Balaban J connectivity index is 1.42. The lowest BCUT2D eigenvalue weighted by Crippen LogP contribution is -2.42. The van der Waals surface area contributed by atoms with E-state index in [-0.39, 0.29) is 12.1 Å². The number of hydrogen-bond acceptors (Lipinski definition) is 5. The van der Waals surface area contributed by atoms with Gasteiger partial charge in [-0.2, -0.15) is 5.10 Å². The van der Waals surface area contributed by atoms with Gasteiger partial charge in [-0.05, 0) is 51.8 Å². The Labute approximate surface area is 181 Å². The minimum absolute atomic E-state index is 0.229. The van der Waals surface area contributed by atoms with Crippen LogP contribution in [0.5, 0.6) is 0 Å². The molecule has 4 heterocycles. The number of piperidine rings is 1. The molecule has 160 valence electrons. The lowest BCUT2D eigenvalue weighted by Gasteiger charge is -2.33. The van der Waals surface area contributed by atoms with Crippen molar-refractivity contribution in [2.24, 2.45) is 4.99 Å². The van der Waals surface area contributed by atoms with Gasteiger partial charge in [0.1, 0.15) is 11.3 Å². The van der Waals surface area contributed by atoms with Crippen LogP contribution in [0.1, 0.15) is 56.6 Å². The van der Waals surface area contributed by atoms with Crippen LogP contribution < -0.4 is 0 Å². The van der Waals surface area contributed by atoms with Crippen LogP contribution in [0.15, 0.2) is 47.6 Å². The minimum atomic E-state index is -0.478. The Morgan fingerprint density at radius 2 is 1.87 bits per heavy atom. The molecular formula is C24H27N5O2. The van der Waals surface area contributed by atoms with Crippen molar-refractivity contribution in [3.63, 3.8) is 0 Å². The highest BCUT2D eigenvalue weighted by molar-refractivity contribution is 6.19. The molecule has 3 aromatic rings. The first-order chi connectivity index (χ1) is 14.9. The average molecular weight is 418 g/mol. The molecular weight excluding hydrogens is 390 g/mol. The van der Waals surface area contributed by atoms with Gasteiger partial charge in [0.2, 0.25) is 0 Å². The second kappa shape index (κ2) is 7.48. The molecule has 1 aromatic carbocycles. The maximum absolute atomic E-state index is 12.4. The van der Waals surface area contributed by atoms with E-state index in [0.29, 0.717) is 19.6 Å². The summed E-state index contributed by atoms with van der Waals surface area (Å²) in [5.41, 5.74) is 4.53. The average Bonchev–Trinajstić information content (AvgIpc) is 3.34. The topological polar surface area (TPSA) is 72.6 Å². The molecule has 2 aliphatic heterocycles. The molecule has 2 aliphatic rings. The second-order valence-corrected chi connectivity index (χ2v) is 9.17. The summed E-state index contributed by atoms with van der Waals surface area (Å²) in [6.45, 7) is 7.62. The van der Waals surface area contributed by atoms with Gasteiger partial charge in [-0.3, -0.25) is 14.7 Å². The number of aliphatic imine (C=N–C) groups is 1. The third-order valence-electron chi connectivity index (χ3n) is 5.83. The molecule has 0 unspecified atom stereocenters. The van der Waals surface area contributed by atoms with Crippen LogP contribution in [0.4, 0.5) is 4.79 Å². The maximum Gasteiger partial charge on any atom is 0.410 e. The number of rotatable bonds is 2. The number of pyridine rings is 1. The molecule has 0 atom stereocenters. The molecule has 1 saturated heterocycles. The van der Waals surface area contributed by atoms with Crippen LogP contribution in [-0.2, 0) is 11.3 Å². The van der Waals surface area contributed by atoms with E-state index < -0.39 is 5.60 Å². The number of amides is 1. The van der Waals surface area contributed by atoms with E-state index in [4.69, 9.17) is 14.8 Å². The lowest BCUT2D eigenvalue weighted by molar-refractivity contribution is 0.0186. The molecule has 1 amide bonds. The highest BCUT2D eigenvalue weighted by Crippen LogP contribution is 2.31. The molecule has 31 heavy (non-hydrogen) atoms. The summed E-state index contributed by atoms with van der Waals surface area (Å²) in [5.74, 6) is 0. The molecule has 2 aromatic heterocycles. The van der Waals surface area contributed by atoms with E-state index in [1.54, 1.807) is 4.90 Å². The number of benzene rings is 1. The molecule has 0 spiro atoms. The molecule has 0 bridgehead atoms. The molecule has 0 saturated carbocycles. The molecule has 1 fully saturated rings. The van der Waals surface area contributed by atoms with Gasteiger partial charge in [0.05, 0.1) is 29.5 Å². The summed E-state index contributed by atoms with van der Waals surface area (Å²) < 4.78 is 7.67. The monoisotopic (exact) mass is 417 g/mol. The van der Waals surface area contributed by atoms with E-state index in [0.717, 1.165) is 46.4 Å². The summed E-state index contributed by atoms with van der Waals surface area (Å²) in [4.78, 5) is 23.5. The molecule has 0 radical (unpaired) electrons. The summed E-state index contributed by atoms with van der Waals surface area (Å²) in [6.07, 6.45) is 3.26. The van der Waals surface area contributed by atoms with E-state index in [9.17, 15) is 4.79 Å². The zero-order valence-corrected chi connectivity index (χ0v) is 18.2. The molecule has 7 nitrogen and oxygen atoms in total. The van der Waals surface area contributed by atoms with E-state index in [1.807, 2.05) is 45.2 Å². The zero-order chi connectivity index (χ0) is 21.6. The summed E-state index contributed by atoms with van der Waals surface area (Å²) in [6, 6.07) is 12.6. The number of carbonyl (C=O) groups is 1. The number of fused-ring (bicyclic) bond motifs is 2. The molecule has 7 heteroatoms.